The van der Waals surface area contributed by atoms with Gasteiger partial charge in [-0.1, -0.05) is 13.8 Å². The zero-order valence-corrected chi connectivity index (χ0v) is 14.3. The number of nitrogens with one attached hydrogen (secondary N) is 1. The van der Waals surface area contributed by atoms with Gasteiger partial charge in [0.15, 0.2) is 6.10 Å². The smallest absolute Gasteiger partial charge is 0.323 e. The topological polar surface area (TPSA) is 116 Å². The number of aromatic nitrogens is 4. The van der Waals surface area contributed by atoms with Crippen LogP contribution in [0.25, 0.3) is 0 Å². The van der Waals surface area contributed by atoms with Crippen LogP contribution in [0.5, 0.6) is 5.88 Å². The lowest BCUT2D eigenvalue weighted by atomic mass is 10.2. The number of hydrogen-bond acceptors (Lipinski definition) is 8. The number of morpholine rings is 1. The van der Waals surface area contributed by atoms with Crippen LogP contribution in [0.15, 0.2) is 16.8 Å². The first-order valence-corrected chi connectivity index (χ1v) is 7.93. The summed E-state index contributed by atoms with van der Waals surface area (Å²) in [5, 5.41) is 10.7. The molecule has 0 radical (unpaired) electrons. The number of hydrogen-bond donors (Lipinski definition) is 1. The highest BCUT2D eigenvalue weighted by Crippen LogP contribution is 2.23. The molecule has 1 saturated heterocycles. The Morgan fingerprint density at radius 3 is 2.96 bits per heavy atom. The largest absolute Gasteiger partial charge is 0.481 e. The van der Waals surface area contributed by atoms with Crippen molar-refractivity contribution in [3.8, 4) is 5.88 Å². The molecular formula is C15H20N6O4. The third kappa shape index (κ3) is 4.02. The van der Waals surface area contributed by atoms with Gasteiger partial charge in [-0.2, -0.15) is 0 Å². The Labute approximate surface area is 144 Å². The highest BCUT2D eigenvalue weighted by Gasteiger charge is 2.29. The highest BCUT2D eigenvalue weighted by atomic mass is 16.5. The van der Waals surface area contributed by atoms with Crippen molar-refractivity contribution < 1.29 is 18.7 Å². The van der Waals surface area contributed by atoms with Crippen molar-refractivity contribution >= 4 is 11.8 Å². The van der Waals surface area contributed by atoms with Crippen molar-refractivity contribution in [3.05, 3.63) is 24.2 Å². The number of rotatable bonds is 4. The highest BCUT2D eigenvalue weighted by molar-refractivity contribution is 5.88. The zero-order chi connectivity index (χ0) is 17.8. The van der Waals surface area contributed by atoms with Crippen LogP contribution in [0.3, 0.4) is 0 Å². The standard InChI is InChI=1S/C15H20N6O4/c1-9(2)13-19-20-14(25-13)10-7-21(4-5-24-10)15(22)18-11-6-12(23-3)17-8-16-11/h6,8-10H,4-5,7H2,1-3H3,(H,16,17,18,22). The van der Waals surface area contributed by atoms with Crippen LogP contribution in [0.1, 0.15) is 37.7 Å². The number of amides is 2. The van der Waals surface area contributed by atoms with Crippen molar-refractivity contribution in [2.24, 2.45) is 0 Å². The van der Waals surface area contributed by atoms with E-state index in [1.807, 2.05) is 13.8 Å². The minimum Gasteiger partial charge on any atom is -0.481 e. The molecule has 0 saturated carbocycles. The molecule has 1 fully saturated rings. The average Bonchev–Trinajstić information content (AvgIpc) is 3.12. The summed E-state index contributed by atoms with van der Waals surface area (Å²) in [5.74, 6) is 1.80. The summed E-state index contributed by atoms with van der Waals surface area (Å²) < 4.78 is 16.3. The van der Waals surface area contributed by atoms with Crippen LogP contribution in [-0.2, 0) is 4.74 Å². The molecular weight excluding hydrogens is 328 g/mol. The summed E-state index contributed by atoms with van der Waals surface area (Å²) in [5.41, 5.74) is 0. The maximum atomic E-state index is 12.4. The molecule has 0 bridgehead atoms. The minimum atomic E-state index is -0.445. The fourth-order valence-electron chi connectivity index (χ4n) is 2.30. The van der Waals surface area contributed by atoms with Gasteiger partial charge in [-0.05, 0) is 0 Å². The molecule has 1 N–H and O–H groups in total. The second-order valence-electron chi connectivity index (χ2n) is 5.81. The first-order valence-electron chi connectivity index (χ1n) is 7.93. The zero-order valence-electron chi connectivity index (χ0n) is 14.3. The number of carbonyl (C=O) groups excluding carboxylic acids is 1. The predicted molar refractivity (Wildman–Crippen MR) is 86.3 cm³/mol. The van der Waals surface area contributed by atoms with Crippen LogP contribution >= 0.6 is 0 Å². The lowest BCUT2D eigenvalue weighted by molar-refractivity contribution is -0.0276. The van der Waals surface area contributed by atoms with Crippen molar-refractivity contribution in [2.75, 3.05) is 32.1 Å². The van der Waals surface area contributed by atoms with Crippen LogP contribution in [0, 0.1) is 0 Å². The van der Waals surface area contributed by atoms with Crippen LogP contribution in [0.2, 0.25) is 0 Å². The van der Waals surface area contributed by atoms with Crippen molar-refractivity contribution in [1.29, 1.82) is 0 Å². The molecule has 2 aromatic heterocycles. The first-order chi connectivity index (χ1) is 12.1. The number of ether oxygens (including phenoxy) is 2. The molecule has 1 aliphatic heterocycles. The van der Waals surface area contributed by atoms with E-state index in [0.29, 0.717) is 43.2 Å². The van der Waals surface area contributed by atoms with Gasteiger partial charge in [-0.15, -0.1) is 10.2 Å². The quantitative estimate of drug-likeness (QED) is 0.886. The van der Waals surface area contributed by atoms with Crippen LogP contribution < -0.4 is 10.1 Å². The van der Waals surface area contributed by atoms with Gasteiger partial charge < -0.3 is 18.8 Å². The van der Waals surface area contributed by atoms with E-state index in [2.05, 4.69) is 25.5 Å². The molecule has 0 spiro atoms. The van der Waals surface area contributed by atoms with Gasteiger partial charge in [-0.25, -0.2) is 14.8 Å². The molecule has 3 heterocycles. The monoisotopic (exact) mass is 348 g/mol. The lowest BCUT2D eigenvalue weighted by Crippen LogP contribution is -2.44. The van der Waals surface area contributed by atoms with E-state index >= 15 is 0 Å². The van der Waals surface area contributed by atoms with E-state index in [1.54, 1.807) is 11.0 Å². The van der Waals surface area contributed by atoms with Gasteiger partial charge in [-0.3, -0.25) is 5.32 Å². The van der Waals surface area contributed by atoms with Crippen molar-refractivity contribution in [1.82, 2.24) is 25.1 Å². The summed E-state index contributed by atoms with van der Waals surface area (Å²) in [6.45, 7) is 5.08. The molecule has 3 rings (SSSR count). The summed E-state index contributed by atoms with van der Waals surface area (Å²) in [6, 6.07) is 1.25. The number of urea groups is 1. The fraction of sp³-hybridized carbons (Fsp3) is 0.533. The van der Waals surface area contributed by atoms with E-state index < -0.39 is 6.10 Å². The molecule has 134 valence electrons. The maximum absolute atomic E-state index is 12.4. The normalized spacial score (nSPS) is 17.6. The molecule has 1 aliphatic rings. The maximum Gasteiger partial charge on any atom is 0.323 e. The first kappa shape index (κ1) is 17.1. The molecule has 10 heteroatoms. The summed E-state index contributed by atoms with van der Waals surface area (Å²) >= 11 is 0. The molecule has 2 amide bonds. The van der Waals surface area contributed by atoms with Crippen LogP contribution in [0.4, 0.5) is 10.6 Å². The Balaban J connectivity index is 1.64. The van der Waals surface area contributed by atoms with Gasteiger partial charge in [0.1, 0.15) is 12.1 Å². The Bertz CT molecular complexity index is 734. The summed E-state index contributed by atoms with van der Waals surface area (Å²) in [4.78, 5) is 22.0. The molecule has 0 aromatic carbocycles. The predicted octanol–water partition coefficient (Wildman–Crippen LogP) is 1.60. The Kier molecular flexibility index (Phi) is 5.08. The van der Waals surface area contributed by atoms with E-state index in [1.165, 1.54) is 13.4 Å². The van der Waals surface area contributed by atoms with Crippen molar-refractivity contribution in [2.45, 2.75) is 25.9 Å². The summed E-state index contributed by atoms with van der Waals surface area (Å²) in [7, 11) is 1.50. The molecule has 0 aliphatic carbocycles. The van der Waals surface area contributed by atoms with Gasteiger partial charge in [0, 0.05) is 18.5 Å². The van der Waals surface area contributed by atoms with Crippen molar-refractivity contribution in [3.63, 3.8) is 0 Å². The fourth-order valence-corrected chi connectivity index (χ4v) is 2.30. The molecule has 2 aromatic rings. The van der Waals surface area contributed by atoms with Gasteiger partial charge in [0.2, 0.25) is 17.7 Å². The second-order valence-corrected chi connectivity index (χ2v) is 5.81. The average molecular weight is 348 g/mol. The second kappa shape index (κ2) is 7.43. The molecule has 1 atom stereocenters. The number of carbonyl (C=O) groups is 1. The van der Waals surface area contributed by atoms with E-state index in [0.717, 1.165) is 0 Å². The SMILES string of the molecule is COc1cc(NC(=O)N2CCOC(c3nnc(C(C)C)o3)C2)ncn1. The summed E-state index contributed by atoms with van der Waals surface area (Å²) in [6.07, 6.45) is 0.877. The number of nitrogens with zero attached hydrogens (tertiary/aromatic N) is 5. The number of methoxy groups -OCH3 is 1. The molecule has 10 nitrogen and oxygen atoms in total. The Morgan fingerprint density at radius 1 is 1.40 bits per heavy atom. The molecule has 25 heavy (non-hydrogen) atoms. The van der Waals surface area contributed by atoms with Gasteiger partial charge in [0.05, 0.1) is 20.3 Å². The number of anilines is 1. The van der Waals surface area contributed by atoms with E-state index in [-0.39, 0.29) is 11.9 Å². The third-order valence-electron chi connectivity index (χ3n) is 3.67. The van der Waals surface area contributed by atoms with Gasteiger partial charge >= 0.3 is 6.03 Å². The van der Waals surface area contributed by atoms with E-state index in [4.69, 9.17) is 13.9 Å². The van der Waals surface area contributed by atoms with Gasteiger partial charge in [0.25, 0.3) is 0 Å². The van der Waals surface area contributed by atoms with E-state index in [9.17, 15) is 4.79 Å². The molecule has 1 unspecified atom stereocenters. The Hall–Kier alpha value is -2.75. The lowest BCUT2D eigenvalue weighted by Gasteiger charge is -2.31. The minimum absolute atomic E-state index is 0.136. The Morgan fingerprint density at radius 2 is 2.24 bits per heavy atom. The third-order valence-corrected chi connectivity index (χ3v) is 3.67. The van der Waals surface area contributed by atoms with Crippen LogP contribution in [-0.4, -0.2) is 57.9 Å².